The average Bonchev–Trinajstić information content (AvgIpc) is 1.83. The molecule has 0 bridgehead atoms. The Kier molecular flexibility index (Phi) is 3.88. The second-order valence-electron chi connectivity index (χ2n) is 1.18. The predicted octanol–water partition coefficient (Wildman–Crippen LogP) is 0.159. The van der Waals surface area contributed by atoms with E-state index in [1.54, 1.807) is 0 Å². The van der Waals surface area contributed by atoms with Crippen LogP contribution in [0.15, 0.2) is 12.3 Å². The number of ether oxygens (including phenoxy) is 1. The van der Waals surface area contributed by atoms with Crippen LogP contribution in [0.3, 0.4) is 0 Å². The minimum absolute atomic E-state index is 0.0349. The molecule has 46 valence electrons. The topological polar surface area (TPSA) is 53.3 Å². The van der Waals surface area contributed by atoms with Crippen LogP contribution in [0.2, 0.25) is 0 Å². The van der Waals surface area contributed by atoms with Crippen molar-refractivity contribution >= 4 is 6.21 Å². The van der Waals surface area contributed by atoms with Gasteiger partial charge in [-0.2, -0.15) is 0 Å². The Hall–Kier alpha value is -0.830. The maximum absolute atomic E-state index is 8.17. The molecule has 0 unspecified atom stereocenters. The number of rotatable bonds is 4. The van der Waals surface area contributed by atoms with E-state index in [2.05, 4.69) is 11.3 Å². The van der Waals surface area contributed by atoms with Crippen molar-refractivity contribution in [1.29, 1.82) is 5.41 Å². The first-order valence-corrected chi connectivity index (χ1v) is 2.24. The summed E-state index contributed by atoms with van der Waals surface area (Å²) >= 11 is 0. The number of aliphatic hydroxyl groups is 1. The summed E-state index contributed by atoms with van der Waals surface area (Å²) in [5.41, 5.74) is 0. The molecule has 0 saturated carbocycles. The smallest absolute Gasteiger partial charge is 0.129 e. The van der Waals surface area contributed by atoms with E-state index in [0.29, 0.717) is 0 Å². The van der Waals surface area contributed by atoms with Crippen molar-refractivity contribution in [2.45, 2.75) is 0 Å². The lowest BCUT2D eigenvalue weighted by atomic mass is 10.6. The third kappa shape index (κ3) is 3.36. The van der Waals surface area contributed by atoms with E-state index in [4.69, 9.17) is 10.5 Å². The lowest BCUT2D eigenvalue weighted by Crippen LogP contribution is -1.98. The molecule has 0 saturated heterocycles. The summed E-state index contributed by atoms with van der Waals surface area (Å²) in [6.07, 6.45) is 0.996. The van der Waals surface area contributed by atoms with Crippen LogP contribution in [-0.4, -0.2) is 24.5 Å². The van der Waals surface area contributed by atoms with Crippen LogP contribution in [0.4, 0.5) is 0 Å². The van der Waals surface area contributed by atoms with Crippen molar-refractivity contribution in [3.05, 3.63) is 12.3 Å². The summed E-state index contributed by atoms with van der Waals surface area (Å²) in [7, 11) is 0. The van der Waals surface area contributed by atoms with Gasteiger partial charge in [0, 0.05) is 0 Å². The highest BCUT2D eigenvalue weighted by molar-refractivity contribution is 5.71. The monoisotopic (exact) mass is 115 g/mol. The molecule has 3 nitrogen and oxygen atoms in total. The van der Waals surface area contributed by atoms with Crippen LogP contribution in [0.25, 0.3) is 0 Å². The van der Waals surface area contributed by atoms with E-state index >= 15 is 0 Å². The van der Waals surface area contributed by atoms with Crippen molar-refractivity contribution in [2.75, 3.05) is 13.2 Å². The second-order valence-corrected chi connectivity index (χ2v) is 1.18. The van der Waals surface area contributed by atoms with Crippen LogP contribution < -0.4 is 0 Å². The van der Waals surface area contributed by atoms with Crippen LogP contribution in [0.1, 0.15) is 0 Å². The molecule has 0 atom stereocenters. The standard InChI is InChI=1S/C5H9NO2/c1-5(4-6)8-3-2-7/h4,6-7H,1-3H2. The van der Waals surface area contributed by atoms with Crippen molar-refractivity contribution in [3.63, 3.8) is 0 Å². The average molecular weight is 115 g/mol. The molecule has 0 aromatic carbocycles. The molecule has 0 fully saturated rings. The van der Waals surface area contributed by atoms with Gasteiger partial charge in [0.05, 0.1) is 12.8 Å². The van der Waals surface area contributed by atoms with Gasteiger partial charge in [0.1, 0.15) is 12.4 Å². The molecule has 0 spiro atoms. The van der Waals surface area contributed by atoms with Gasteiger partial charge in [-0.05, 0) is 0 Å². The third-order valence-corrected chi connectivity index (χ3v) is 0.540. The van der Waals surface area contributed by atoms with Gasteiger partial charge >= 0.3 is 0 Å². The van der Waals surface area contributed by atoms with E-state index in [0.717, 1.165) is 6.21 Å². The first-order valence-electron chi connectivity index (χ1n) is 2.24. The molecule has 3 heteroatoms. The number of aliphatic hydroxyl groups excluding tert-OH is 1. The van der Waals surface area contributed by atoms with Crippen LogP contribution >= 0.6 is 0 Å². The molecule has 0 aliphatic heterocycles. The summed E-state index contributed by atoms with van der Waals surface area (Å²) in [5, 5.41) is 14.7. The Balaban J connectivity index is 3.11. The number of nitrogens with one attached hydrogen (secondary N) is 1. The van der Waals surface area contributed by atoms with Gasteiger partial charge in [0.2, 0.25) is 0 Å². The lowest BCUT2D eigenvalue weighted by molar-refractivity contribution is 0.157. The summed E-state index contributed by atoms with van der Waals surface area (Å²) in [6, 6.07) is 0. The second kappa shape index (κ2) is 4.33. The summed E-state index contributed by atoms with van der Waals surface area (Å²) in [5.74, 6) is 0.277. The molecule has 0 aliphatic carbocycles. The van der Waals surface area contributed by atoms with Crippen LogP contribution in [0.5, 0.6) is 0 Å². The molecule has 8 heavy (non-hydrogen) atoms. The first-order chi connectivity index (χ1) is 3.81. The molecular formula is C5H9NO2. The largest absolute Gasteiger partial charge is 0.490 e. The molecule has 0 amide bonds. The van der Waals surface area contributed by atoms with E-state index in [1.165, 1.54) is 0 Å². The number of allylic oxidation sites excluding steroid dienone is 1. The molecule has 2 N–H and O–H groups in total. The van der Waals surface area contributed by atoms with Gasteiger partial charge in [-0.1, -0.05) is 6.58 Å². The highest BCUT2D eigenvalue weighted by Crippen LogP contribution is 1.84. The van der Waals surface area contributed by atoms with Gasteiger partial charge in [-0.25, -0.2) is 0 Å². The minimum Gasteiger partial charge on any atom is -0.490 e. The Morgan fingerprint density at radius 2 is 2.50 bits per heavy atom. The molecule has 0 aromatic rings. The van der Waals surface area contributed by atoms with E-state index in [1.807, 2.05) is 0 Å². The molecular weight excluding hydrogens is 106 g/mol. The van der Waals surface area contributed by atoms with Crippen molar-refractivity contribution < 1.29 is 9.84 Å². The molecule has 0 heterocycles. The van der Waals surface area contributed by atoms with Gasteiger partial charge in [0.15, 0.2) is 0 Å². The van der Waals surface area contributed by atoms with Gasteiger partial charge < -0.3 is 15.3 Å². The predicted molar refractivity (Wildman–Crippen MR) is 31.0 cm³/mol. The SMILES string of the molecule is C=C(C=N)OCCO. The maximum Gasteiger partial charge on any atom is 0.129 e. The molecule has 0 radical (unpaired) electrons. The van der Waals surface area contributed by atoms with Crippen molar-refractivity contribution in [1.82, 2.24) is 0 Å². The normalized spacial score (nSPS) is 8.12. The van der Waals surface area contributed by atoms with E-state index in [9.17, 15) is 0 Å². The maximum atomic E-state index is 8.17. The summed E-state index contributed by atoms with van der Waals surface area (Å²) in [6.45, 7) is 3.52. The van der Waals surface area contributed by atoms with Crippen molar-refractivity contribution in [3.8, 4) is 0 Å². The minimum atomic E-state index is -0.0349. The summed E-state index contributed by atoms with van der Waals surface area (Å²) in [4.78, 5) is 0. The third-order valence-electron chi connectivity index (χ3n) is 0.540. The Bertz CT molecular complexity index is 90.4. The highest BCUT2D eigenvalue weighted by Gasteiger charge is 1.83. The van der Waals surface area contributed by atoms with Gasteiger partial charge in [-0.3, -0.25) is 0 Å². The molecule has 0 aliphatic rings. The summed E-state index contributed by atoms with van der Waals surface area (Å²) < 4.78 is 4.65. The van der Waals surface area contributed by atoms with E-state index < -0.39 is 0 Å². The van der Waals surface area contributed by atoms with E-state index in [-0.39, 0.29) is 19.0 Å². The van der Waals surface area contributed by atoms with Crippen LogP contribution in [-0.2, 0) is 4.74 Å². The first kappa shape index (κ1) is 7.17. The number of hydrogen-bond acceptors (Lipinski definition) is 3. The fraction of sp³-hybridized carbons (Fsp3) is 0.400. The fourth-order valence-electron chi connectivity index (χ4n) is 0.218. The zero-order valence-electron chi connectivity index (χ0n) is 4.55. The van der Waals surface area contributed by atoms with Crippen molar-refractivity contribution in [2.24, 2.45) is 0 Å². The Labute approximate surface area is 48.1 Å². The molecule has 0 aromatic heterocycles. The van der Waals surface area contributed by atoms with Gasteiger partial charge in [-0.15, -0.1) is 0 Å². The van der Waals surface area contributed by atoms with Gasteiger partial charge in [0.25, 0.3) is 0 Å². The Morgan fingerprint density at radius 3 is 2.88 bits per heavy atom. The Morgan fingerprint density at radius 1 is 1.88 bits per heavy atom. The fourth-order valence-corrected chi connectivity index (χ4v) is 0.218. The zero-order valence-corrected chi connectivity index (χ0v) is 4.55. The zero-order chi connectivity index (χ0) is 6.41. The highest BCUT2D eigenvalue weighted by atomic mass is 16.5. The number of hydrogen-bond donors (Lipinski definition) is 2. The molecule has 0 rings (SSSR count). The lowest BCUT2D eigenvalue weighted by Gasteiger charge is -1.98. The van der Waals surface area contributed by atoms with Crippen LogP contribution in [0, 0.1) is 5.41 Å². The quantitative estimate of drug-likeness (QED) is 0.405.